The molecular weight excluding hydrogens is 308 g/mol. The summed E-state index contributed by atoms with van der Waals surface area (Å²) < 4.78 is 5.30. The number of carbonyl (C=O) groups excluding carboxylic acids is 1. The van der Waals surface area contributed by atoms with E-state index in [2.05, 4.69) is 5.32 Å². The minimum absolute atomic E-state index is 0.282. The Hall–Kier alpha value is -1.46. The summed E-state index contributed by atoms with van der Waals surface area (Å²) in [4.78, 5) is 12.5. The predicted molar refractivity (Wildman–Crippen MR) is 89.6 cm³/mol. The summed E-state index contributed by atoms with van der Waals surface area (Å²) in [6.07, 6.45) is -0.494. The number of nitrogens with one attached hydrogen (secondary N) is 2. The van der Waals surface area contributed by atoms with E-state index >= 15 is 0 Å². The van der Waals surface area contributed by atoms with E-state index in [1.165, 1.54) is 0 Å². The van der Waals surface area contributed by atoms with E-state index in [0.29, 0.717) is 16.3 Å². The third-order valence-corrected chi connectivity index (χ3v) is 3.86. The van der Waals surface area contributed by atoms with Crippen molar-refractivity contribution in [3.05, 3.63) is 34.9 Å². The maximum atomic E-state index is 11.9. The molecule has 0 bridgehead atoms. The maximum Gasteiger partial charge on any atom is 0.408 e. The van der Waals surface area contributed by atoms with Gasteiger partial charge in [0.2, 0.25) is 0 Å². The molecule has 0 saturated carbocycles. The average molecular weight is 327 g/mol. The predicted octanol–water partition coefficient (Wildman–Crippen LogP) is 4.32. The molecule has 114 valence electrons. The van der Waals surface area contributed by atoms with E-state index in [9.17, 15) is 4.79 Å². The van der Waals surface area contributed by atoms with Crippen molar-refractivity contribution in [3.63, 3.8) is 0 Å². The molecular formula is C15H19ClN2O2S. The molecule has 0 aromatic heterocycles. The Bertz CT molecular complexity index is 548. The maximum absolute atomic E-state index is 11.9. The van der Waals surface area contributed by atoms with Crippen molar-refractivity contribution in [2.45, 2.75) is 39.3 Å². The molecule has 1 rings (SSSR count). The molecule has 1 amide bonds. The van der Waals surface area contributed by atoms with Crippen molar-refractivity contribution in [1.82, 2.24) is 5.32 Å². The summed E-state index contributed by atoms with van der Waals surface area (Å²) in [6.45, 7) is 5.23. The smallest absolute Gasteiger partial charge is 0.408 e. The van der Waals surface area contributed by atoms with Crippen LogP contribution in [0.3, 0.4) is 0 Å². The molecule has 6 heteroatoms. The molecule has 1 aromatic carbocycles. The van der Waals surface area contributed by atoms with Gasteiger partial charge >= 0.3 is 6.09 Å². The quantitative estimate of drug-likeness (QED) is 0.604. The number of ether oxygens (including phenoxy) is 1. The van der Waals surface area contributed by atoms with Gasteiger partial charge in [-0.2, -0.15) is 0 Å². The number of hydrogen-bond donors (Lipinski definition) is 2. The third kappa shape index (κ3) is 5.10. The fraction of sp³-hybridized carbons (Fsp3) is 0.400. The lowest BCUT2D eigenvalue weighted by Gasteiger charge is -2.20. The summed E-state index contributed by atoms with van der Waals surface area (Å²) in [7, 11) is 0. The van der Waals surface area contributed by atoms with E-state index in [0.717, 1.165) is 5.56 Å². The normalized spacial score (nSPS) is 13.1. The van der Waals surface area contributed by atoms with Crippen LogP contribution in [0.15, 0.2) is 24.3 Å². The number of amides is 1. The minimum atomic E-state index is -0.616. The van der Waals surface area contributed by atoms with Gasteiger partial charge in [0.1, 0.15) is 12.1 Å². The van der Waals surface area contributed by atoms with Crippen molar-refractivity contribution >= 4 is 40.5 Å². The first kappa shape index (κ1) is 17.6. The van der Waals surface area contributed by atoms with Crippen LogP contribution in [0.4, 0.5) is 4.79 Å². The summed E-state index contributed by atoms with van der Waals surface area (Å²) in [5.41, 5.74) is 1.01. The highest BCUT2D eigenvalue weighted by molar-refractivity contribution is 7.80. The van der Waals surface area contributed by atoms with E-state index in [1.54, 1.807) is 26.0 Å². The van der Waals surface area contributed by atoms with Crippen LogP contribution < -0.4 is 5.32 Å². The fourth-order valence-corrected chi connectivity index (χ4v) is 2.34. The zero-order valence-electron chi connectivity index (χ0n) is 12.3. The minimum Gasteiger partial charge on any atom is -0.442 e. The number of thiocarbonyl (C=S) groups is 1. The molecule has 2 unspecified atom stereocenters. The van der Waals surface area contributed by atoms with Crippen LogP contribution in [0, 0.1) is 5.41 Å². The van der Waals surface area contributed by atoms with Gasteiger partial charge in [0.15, 0.2) is 0 Å². The third-order valence-electron chi connectivity index (χ3n) is 2.99. The zero-order valence-corrected chi connectivity index (χ0v) is 13.8. The summed E-state index contributed by atoms with van der Waals surface area (Å²) in [5, 5.41) is 10.8. The van der Waals surface area contributed by atoms with E-state index in [-0.39, 0.29) is 5.71 Å². The Morgan fingerprint density at radius 1 is 1.48 bits per heavy atom. The van der Waals surface area contributed by atoms with Crippen molar-refractivity contribution in [2.24, 2.45) is 0 Å². The zero-order chi connectivity index (χ0) is 16.0. The van der Waals surface area contributed by atoms with Crippen LogP contribution in [0.25, 0.3) is 0 Å². The molecule has 2 atom stereocenters. The Morgan fingerprint density at radius 2 is 2.10 bits per heavy atom. The van der Waals surface area contributed by atoms with Gasteiger partial charge in [-0.15, -0.1) is 0 Å². The van der Waals surface area contributed by atoms with Crippen molar-refractivity contribution in [1.29, 1.82) is 5.41 Å². The second-order valence-electron chi connectivity index (χ2n) is 4.65. The van der Waals surface area contributed by atoms with Gasteiger partial charge in [0.25, 0.3) is 0 Å². The van der Waals surface area contributed by atoms with Crippen molar-refractivity contribution in [3.8, 4) is 0 Å². The molecule has 21 heavy (non-hydrogen) atoms. The van der Waals surface area contributed by atoms with Crippen molar-refractivity contribution in [2.75, 3.05) is 0 Å². The molecule has 1 aromatic rings. The second kappa shape index (κ2) is 8.10. The number of benzene rings is 1. The second-order valence-corrected chi connectivity index (χ2v) is 5.58. The number of halogens is 1. The largest absolute Gasteiger partial charge is 0.442 e. The lowest BCUT2D eigenvalue weighted by molar-refractivity contribution is 0.107. The molecule has 0 fully saturated rings. The fourth-order valence-electron chi connectivity index (χ4n) is 1.82. The Kier molecular flexibility index (Phi) is 6.78. The highest BCUT2D eigenvalue weighted by Crippen LogP contribution is 2.24. The van der Waals surface area contributed by atoms with Crippen LogP contribution in [0.5, 0.6) is 0 Å². The molecule has 0 saturated heterocycles. The van der Waals surface area contributed by atoms with Gasteiger partial charge in [0.05, 0.1) is 0 Å². The lowest BCUT2D eigenvalue weighted by atomic mass is 10.1. The van der Waals surface area contributed by atoms with Crippen LogP contribution in [-0.2, 0) is 4.74 Å². The molecule has 0 aliphatic heterocycles. The SMILES string of the molecule is CCC(=S)C(NC(=O)OC(C)c1ccccc1Cl)C(C)=N. The first-order valence-corrected chi connectivity index (χ1v) is 7.44. The molecule has 0 aliphatic rings. The standard InChI is InChI=1S/C15H19ClN2O2S/c1-4-13(21)14(9(2)17)18-15(19)20-10(3)11-7-5-6-8-12(11)16/h5-8,10,14,17H,4H2,1-3H3,(H,18,19). The molecule has 0 spiro atoms. The highest BCUT2D eigenvalue weighted by Gasteiger charge is 2.21. The van der Waals surface area contributed by atoms with Crippen molar-refractivity contribution < 1.29 is 9.53 Å². The monoisotopic (exact) mass is 326 g/mol. The lowest BCUT2D eigenvalue weighted by Crippen LogP contribution is -2.44. The molecule has 0 aliphatic carbocycles. The Labute approximate surface area is 135 Å². The first-order chi connectivity index (χ1) is 9.86. The number of carbonyl (C=O) groups is 1. The summed E-state index contributed by atoms with van der Waals surface area (Å²) in [5.74, 6) is 0. The Balaban J connectivity index is 2.70. The average Bonchev–Trinajstić information content (AvgIpc) is 2.44. The van der Waals surface area contributed by atoms with Crippen LogP contribution in [0.2, 0.25) is 5.02 Å². The van der Waals surface area contributed by atoms with Gasteiger partial charge < -0.3 is 15.5 Å². The van der Waals surface area contributed by atoms with Gasteiger partial charge in [-0.3, -0.25) is 0 Å². The Morgan fingerprint density at radius 3 is 2.62 bits per heavy atom. The van der Waals surface area contributed by atoms with E-state index in [1.807, 2.05) is 19.1 Å². The molecule has 4 nitrogen and oxygen atoms in total. The topological polar surface area (TPSA) is 62.2 Å². The van der Waals surface area contributed by atoms with Gasteiger partial charge in [-0.25, -0.2) is 4.79 Å². The van der Waals surface area contributed by atoms with Crippen LogP contribution >= 0.6 is 23.8 Å². The molecule has 2 N–H and O–H groups in total. The summed E-state index contributed by atoms with van der Waals surface area (Å²) >= 11 is 11.2. The van der Waals surface area contributed by atoms with Gasteiger partial charge in [0, 0.05) is 21.2 Å². The van der Waals surface area contributed by atoms with Crippen LogP contribution in [0.1, 0.15) is 38.9 Å². The van der Waals surface area contributed by atoms with Gasteiger partial charge in [-0.1, -0.05) is 48.9 Å². The van der Waals surface area contributed by atoms with E-state index in [4.69, 9.17) is 34.0 Å². The van der Waals surface area contributed by atoms with Crippen LogP contribution in [-0.4, -0.2) is 22.7 Å². The molecule has 0 radical (unpaired) electrons. The highest BCUT2D eigenvalue weighted by atomic mass is 35.5. The molecule has 0 heterocycles. The number of hydrogen-bond acceptors (Lipinski definition) is 4. The summed E-state index contributed by atoms with van der Waals surface area (Å²) in [6, 6.07) is 6.61. The number of alkyl carbamates (subject to hydrolysis) is 1. The number of rotatable bonds is 6. The van der Waals surface area contributed by atoms with Gasteiger partial charge in [-0.05, 0) is 26.3 Å². The first-order valence-electron chi connectivity index (χ1n) is 6.66. The van der Waals surface area contributed by atoms with E-state index < -0.39 is 18.2 Å².